The van der Waals surface area contributed by atoms with Crippen molar-refractivity contribution in [2.75, 3.05) is 0 Å². The zero-order valence-electron chi connectivity index (χ0n) is 12.3. The molecule has 1 amide bonds. The van der Waals surface area contributed by atoms with Crippen molar-refractivity contribution in [1.29, 1.82) is 0 Å². The number of furan rings is 2. The summed E-state index contributed by atoms with van der Waals surface area (Å²) in [6.07, 6.45) is 7.06. The first-order valence-corrected chi connectivity index (χ1v) is 7.25. The molecule has 0 bridgehead atoms. The quantitative estimate of drug-likeness (QED) is 0.781. The van der Waals surface area contributed by atoms with E-state index in [2.05, 4.69) is 0 Å². The minimum absolute atomic E-state index is 0.00421. The van der Waals surface area contributed by atoms with Crippen LogP contribution in [0.25, 0.3) is 6.08 Å². The van der Waals surface area contributed by atoms with E-state index in [1.54, 1.807) is 18.4 Å². The van der Waals surface area contributed by atoms with Crippen molar-refractivity contribution in [2.45, 2.75) is 38.8 Å². The van der Waals surface area contributed by atoms with Crippen molar-refractivity contribution >= 4 is 12.0 Å². The van der Waals surface area contributed by atoms with Gasteiger partial charge in [-0.05, 0) is 57.0 Å². The van der Waals surface area contributed by atoms with Crippen molar-refractivity contribution in [2.24, 2.45) is 0 Å². The van der Waals surface area contributed by atoms with Crippen LogP contribution in [0.3, 0.4) is 0 Å². The standard InChI is InChI=1S/C17H19NO3/c1-12-5-8-15(21-12)9-10-17(19)18(14-6-7-14)13(2)16-4-3-11-20-16/h3-5,8-11,13-14H,6-7H2,1-2H3. The Balaban J connectivity index is 1.74. The minimum Gasteiger partial charge on any atom is -0.467 e. The zero-order chi connectivity index (χ0) is 14.8. The van der Waals surface area contributed by atoms with Crippen LogP contribution < -0.4 is 0 Å². The van der Waals surface area contributed by atoms with E-state index in [1.165, 1.54) is 0 Å². The molecular formula is C17H19NO3. The van der Waals surface area contributed by atoms with E-state index < -0.39 is 0 Å². The van der Waals surface area contributed by atoms with Gasteiger partial charge in [-0.25, -0.2) is 0 Å². The van der Waals surface area contributed by atoms with Gasteiger partial charge in [0.2, 0.25) is 5.91 Å². The molecule has 4 heteroatoms. The summed E-state index contributed by atoms with van der Waals surface area (Å²) in [7, 11) is 0. The zero-order valence-corrected chi connectivity index (χ0v) is 12.3. The van der Waals surface area contributed by atoms with E-state index in [1.807, 2.05) is 43.0 Å². The highest BCUT2D eigenvalue weighted by Gasteiger charge is 2.36. The molecule has 0 radical (unpaired) electrons. The number of aryl methyl sites for hydroxylation is 1. The molecule has 1 aliphatic carbocycles. The van der Waals surface area contributed by atoms with E-state index in [4.69, 9.17) is 8.83 Å². The first kappa shape index (κ1) is 13.7. The average molecular weight is 285 g/mol. The third-order valence-corrected chi connectivity index (χ3v) is 3.72. The molecule has 1 atom stereocenters. The Bertz CT molecular complexity index is 635. The summed E-state index contributed by atoms with van der Waals surface area (Å²) in [5.74, 6) is 2.35. The van der Waals surface area contributed by atoms with Gasteiger partial charge in [0.25, 0.3) is 0 Å². The van der Waals surface area contributed by atoms with E-state index in [0.29, 0.717) is 11.8 Å². The maximum Gasteiger partial charge on any atom is 0.247 e. The van der Waals surface area contributed by atoms with E-state index in [9.17, 15) is 4.79 Å². The highest BCUT2D eigenvalue weighted by Crippen LogP contribution is 2.34. The average Bonchev–Trinajstić information content (AvgIpc) is 2.99. The first-order valence-electron chi connectivity index (χ1n) is 7.25. The van der Waals surface area contributed by atoms with Gasteiger partial charge in [0.05, 0.1) is 12.3 Å². The SMILES string of the molecule is Cc1ccc(C=CC(=O)N(C2CC2)C(C)c2ccco2)o1. The van der Waals surface area contributed by atoms with Gasteiger partial charge in [-0.2, -0.15) is 0 Å². The molecule has 1 saturated carbocycles. The van der Waals surface area contributed by atoms with Crippen LogP contribution in [0.5, 0.6) is 0 Å². The summed E-state index contributed by atoms with van der Waals surface area (Å²) < 4.78 is 10.9. The van der Waals surface area contributed by atoms with Crippen LogP contribution in [0.15, 0.2) is 45.4 Å². The van der Waals surface area contributed by atoms with Crippen molar-refractivity contribution < 1.29 is 13.6 Å². The Morgan fingerprint density at radius 1 is 1.38 bits per heavy atom. The number of carbonyl (C=O) groups excluding carboxylic acids is 1. The molecule has 0 aromatic carbocycles. The molecule has 1 aliphatic rings. The highest BCUT2D eigenvalue weighted by atomic mass is 16.3. The van der Waals surface area contributed by atoms with E-state index in [-0.39, 0.29) is 11.9 Å². The van der Waals surface area contributed by atoms with Crippen LogP contribution in [0, 0.1) is 6.92 Å². The van der Waals surface area contributed by atoms with E-state index >= 15 is 0 Å². The lowest BCUT2D eigenvalue weighted by Gasteiger charge is -2.26. The molecule has 4 nitrogen and oxygen atoms in total. The Hall–Kier alpha value is -2.23. The van der Waals surface area contributed by atoms with Gasteiger partial charge in [0.1, 0.15) is 17.3 Å². The Kier molecular flexibility index (Phi) is 3.69. The van der Waals surface area contributed by atoms with Gasteiger partial charge < -0.3 is 13.7 Å². The van der Waals surface area contributed by atoms with Gasteiger partial charge in [-0.15, -0.1) is 0 Å². The first-order chi connectivity index (χ1) is 10.1. The second-order valence-electron chi connectivity index (χ2n) is 5.45. The molecule has 2 aromatic heterocycles. The number of hydrogen-bond donors (Lipinski definition) is 0. The molecule has 3 rings (SSSR count). The highest BCUT2D eigenvalue weighted by molar-refractivity contribution is 5.92. The number of nitrogens with zero attached hydrogens (tertiary/aromatic N) is 1. The van der Waals surface area contributed by atoms with Gasteiger partial charge in [-0.1, -0.05) is 0 Å². The molecule has 1 fully saturated rings. The Labute approximate surface area is 124 Å². The topological polar surface area (TPSA) is 46.6 Å². The second-order valence-corrected chi connectivity index (χ2v) is 5.45. The van der Waals surface area contributed by atoms with Crippen molar-refractivity contribution in [3.8, 4) is 0 Å². The molecule has 0 saturated heterocycles. The molecule has 1 unspecified atom stereocenters. The summed E-state index contributed by atoms with van der Waals surface area (Å²) in [6.45, 7) is 3.88. The minimum atomic E-state index is -0.0528. The molecular weight excluding hydrogens is 266 g/mol. The Morgan fingerprint density at radius 3 is 2.76 bits per heavy atom. The molecule has 110 valence electrons. The lowest BCUT2D eigenvalue weighted by atomic mass is 10.2. The number of carbonyl (C=O) groups is 1. The number of amides is 1. The normalized spacial score (nSPS) is 16.3. The van der Waals surface area contributed by atoms with Crippen molar-refractivity contribution in [3.63, 3.8) is 0 Å². The Morgan fingerprint density at radius 2 is 2.19 bits per heavy atom. The van der Waals surface area contributed by atoms with Gasteiger partial charge >= 0.3 is 0 Å². The van der Waals surface area contributed by atoms with Crippen molar-refractivity contribution in [3.05, 3.63) is 53.9 Å². The van der Waals surface area contributed by atoms with Crippen LogP contribution >= 0.6 is 0 Å². The maximum atomic E-state index is 12.5. The molecule has 2 heterocycles. The predicted octanol–water partition coefficient (Wildman–Crippen LogP) is 3.95. The summed E-state index contributed by atoms with van der Waals surface area (Å²) in [4.78, 5) is 14.4. The fourth-order valence-electron chi connectivity index (χ4n) is 2.49. The fourth-order valence-corrected chi connectivity index (χ4v) is 2.49. The van der Waals surface area contributed by atoms with Crippen LogP contribution in [0.1, 0.15) is 43.1 Å². The number of hydrogen-bond acceptors (Lipinski definition) is 3. The molecule has 2 aromatic rings. The van der Waals surface area contributed by atoms with Crippen LogP contribution in [-0.4, -0.2) is 16.8 Å². The molecule has 0 N–H and O–H groups in total. The summed E-state index contributed by atoms with van der Waals surface area (Å²) in [5.41, 5.74) is 0. The van der Waals surface area contributed by atoms with Gasteiger partial charge in [0.15, 0.2) is 0 Å². The summed E-state index contributed by atoms with van der Waals surface area (Å²) >= 11 is 0. The summed E-state index contributed by atoms with van der Waals surface area (Å²) in [6, 6.07) is 7.77. The van der Waals surface area contributed by atoms with E-state index in [0.717, 1.165) is 24.4 Å². The third-order valence-electron chi connectivity index (χ3n) is 3.72. The van der Waals surface area contributed by atoms with Gasteiger partial charge in [-0.3, -0.25) is 4.79 Å². The maximum absolute atomic E-state index is 12.5. The van der Waals surface area contributed by atoms with Crippen LogP contribution in [-0.2, 0) is 4.79 Å². The lowest BCUT2D eigenvalue weighted by Crippen LogP contribution is -2.34. The van der Waals surface area contributed by atoms with Crippen LogP contribution in [0.2, 0.25) is 0 Å². The van der Waals surface area contributed by atoms with Gasteiger partial charge in [0, 0.05) is 12.1 Å². The second kappa shape index (κ2) is 5.64. The smallest absolute Gasteiger partial charge is 0.247 e. The molecule has 21 heavy (non-hydrogen) atoms. The predicted molar refractivity (Wildman–Crippen MR) is 79.5 cm³/mol. The molecule has 0 aliphatic heterocycles. The summed E-state index contributed by atoms with van der Waals surface area (Å²) in [5, 5.41) is 0. The number of rotatable bonds is 5. The largest absolute Gasteiger partial charge is 0.467 e. The monoisotopic (exact) mass is 285 g/mol. The van der Waals surface area contributed by atoms with Crippen LogP contribution in [0.4, 0.5) is 0 Å². The molecule has 0 spiro atoms. The van der Waals surface area contributed by atoms with Crippen molar-refractivity contribution in [1.82, 2.24) is 4.90 Å². The fraction of sp³-hybridized carbons (Fsp3) is 0.353. The third kappa shape index (κ3) is 3.10. The lowest BCUT2D eigenvalue weighted by molar-refractivity contribution is -0.129.